The zero-order chi connectivity index (χ0) is 11.6. The Morgan fingerprint density at radius 3 is 2.00 bits per heavy atom. The summed E-state index contributed by atoms with van der Waals surface area (Å²) in [5, 5.41) is 21.7. The number of nitrogens with zero attached hydrogens (tertiary/aromatic N) is 2. The number of hydrogen-bond acceptors (Lipinski definition) is 3. The molecule has 0 atom stereocenters. The van der Waals surface area contributed by atoms with Crippen molar-refractivity contribution in [3.63, 3.8) is 0 Å². The molecule has 0 saturated carbocycles. The van der Waals surface area contributed by atoms with E-state index >= 15 is 0 Å². The van der Waals surface area contributed by atoms with Crippen LogP contribution in [0.25, 0.3) is 0 Å². The normalized spacial score (nSPS) is 11.6. The quantitative estimate of drug-likeness (QED) is 0.320. The lowest BCUT2D eigenvalue weighted by Gasteiger charge is -2.15. The molecule has 0 unspecified atom stereocenters. The fraction of sp³-hybridized carbons (Fsp3) is 0.364. The van der Waals surface area contributed by atoms with Crippen molar-refractivity contribution in [1.29, 1.82) is 0 Å². The number of phenolic OH excluding ortho intramolecular Hbond substituents is 1. The minimum atomic E-state index is 0.287. The summed E-state index contributed by atoms with van der Waals surface area (Å²) in [5.74, 6) is 0.760. The highest BCUT2D eigenvalue weighted by Gasteiger charge is 2.10. The van der Waals surface area contributed by atoms with E-state index in [1.165, 1.54) is 0 Å². The van der Waals surface area contributed by atoms with Gasteiger partial charge in [-0.25, -0.2) is 0 Å². The van der Waals surface area contributed by atoms with Crippen molar-refractivity contribution in [2.75, 3.05) is 14.1 Å². The third-order valence-corrected chi connectivity index (χ3v) is 2.27. The molecule has 1 aromatic carbocycles. The summed E-state index contributed by atoms with van der Waals surface area (Å²) in [7, 11) is 3.60. The predicted octanol–water partition coefficient (Wildman–Crippen LogP) is 1.71. The van der Waals surface area contributed by atoms with Gasteiger partial charge in [-0.05, 0) is 37.1 Å². The number of aryl methyl sites for hydroxylation is 2. The molecule has 0 aromatic heterocycles. The number of phenols is 1. The molecule has 0 spiro atoms. The average Bonchev–Trinajstić information content (AvgIpc) is 2.14. The lowest BCUT2D eigenvalue weighted by Crippen LogP contribution is -2.23. The van der Waals surface area contributed by atoms with Crippen molar-refractivity contribution < 1.29 is 10.3 Å². The number of aromatic hydroxyl groups is 1. The lowest BCUT2D eigenvalue weighted by atomic mass is 10.0. The molecule has 0 aliphatic carbocycles. The van der Waals surface area contributed by atoms with Crippen LogP contribution in [0.3, 0.4) is 0 Å². The minimum absolute atomic E-state index is 0.287. The highest BCUT2D eigenvalue weighted by atomic mass is 16.4. The molecule has 0 bridgehead atoms. The van der Waals surface area contributed by atoms with E-state index in [1.807, 2.05) is 13.8 Å². The van der Waals surface area contributed by atoms with Gasteiger partial charge in [0.25, 0.3) is 0 Å². The van der Waals surface area contributed by atoms with Gasteiger partial charge in [-0.1, -0.05) is 5.16 Å². The predicted molar refractivity (Wildman–Crippen MR) is 59.6 cm³/mol. The summed E-state index contributed by atoms with van der Waals surface area (Å²) in [6.45, 7) is 3.63. The third-order valence-electron chi connectivity index (χ3n) is 2.27. The molecule has 0 aliphatic heterocycles. The van der Waals surface area contributed by atoms with Gasteiger partial charge >= 0.3 is 0 Å². The van der Waals surface area contributed by atoms with Gasteiger partial charge in [-0.15, -0.1) is 0 Å². The van der Waals surface area contributed by atoms with Crippen LogP contribution in [0.5, 0.6) is 5.75 Å². The molecule has 2 N–H and O–H groups in total. The van der Waals surface area contributed by atoms with Crippen LogP contribution in [-0.4, -0.2) is 35.1 Å². The van der Waals surface area contributed by atoms with Crippen LogP contribution in [0.4, 0.5) is 0 Å². The highest BCUT2D eigenvalue weighted by Crippen LogP contribution is 2.23. The summed E-state index contributed by atoms with van der Waals surface area (Å²) >= 11 is 0. The van der Waals surface area contributed by atoms with Crippen molar-refractivity contribution in [1.82, 2.24) is 4.90 Å². The van der Waals surface area contributed by atoms with Gasteiger partial charge in [0, 0.05) is 19.7 Å². The van der Waals surface area contributed by atoms with Crippen LogP contribution in [0.2, 0.25) is 0 Å². The van der Waals surface area contributed by atoms with Crippen LogP contribution in [0, 0.1) is 13.8 Å². The molecule has 0 radical (unpaired) electrons. The maximum absolute atomic E-state index is 9.61. The minimum Gasteiger partial charge on any atom is -0.507 e. The van der Waals surface area contributed by atoms with E-state index < -0.39 is 0 Å². The van der Waals surface area contributed by atoms with Crippen LogP contribution in [0.15, 0.2) is 17.3 Å². The standard InChI is InChI=1S/C11H16N2O2/c1-7-5-9(6-8(2)10(7)14)11(12-15)13(3)4/h5-6,14-15H,1-4H3/b12-11-. The molecule has 4 heteroatoms. The smallest absolute Gasteiger partial charge is 0.174 e. The Kier molecular flexibility index (Phi) is 3.19. The highest BCUT2D eigenvalue weighted by molar-refractivity contribution is 5.98. The van der Waals surface area contributed by atoms with Crippen LogP contribution in [0.1, 0.15) is 16.7 Å². The number of hydrogen-bond donors (Lipinski definition) is 2. The first-order valence-corrected chi connectivity index (χ1v) is 4.67. The zero-order valence-electron chi connectivity index (χ0n) is 9.44. The summed E-state index contributed by atoms with van der Waals surface area (Å²) < 4.78 is 0. The van der Waals surface area contributed by atoms with Gasteiger partial charge in [0.05, 0.1) is 0 Å². The number of amidine groups is 1. The van der Waals surface area contributed by atoms with Crippen LogP contribution < -0.4 is 0 Å². The number of rotatable bonds is 1. The SMILES string of the molecule is Cc1cc(/C(=N/O)N(C)C)cc(C)c1O. The first-order chi connectivity index (χ1) is 6.97. The Balaban J connectivity index is 3.28. The summed E-state index contributed by atoms with van der Waals surface area (Å²) in [5.41, 5.74) is 2.33. The molecule has 82 valence electrons. The molecule has 0 saturated heterocycles. The molecule has 4 nitrogen and oxygen atoms in total. The number of oxime groups is 1. The van der Waals surface area contributed by atoms with Gasteiger partial charge in [0.1, 0.15) is 5.75 Å². The third kappa shape index (κ3) is 2.21. The fourth-order valence-corrected chi connectivity index (χ4v) is 1.49. The molecule has 1 rings (SSSR count). The summed E-state index contributed by atoms with van der Waals surface area (Å²) in [6.07, 6.45) is 0. The zero-order valence-corrected chi connectivity index (χ0v) is 9.44. The van der Waals surface area contributed by atoms with E-state index in [4.69, 9.17) is 5.21 Å². The number of benzene rings is 1. The Labute approximate surface area is 89.5 Å². The molecule has 0 amide bonds. The average molecular weight is 208 g/mol. The van der Waals surface area contributed by atoms with Crippen LogP contribution >= 0.6 is 0 Å². The van der Waals surface area contributed by atoms with Crippen LogP contribution in [-0.2, 0) is 0 Å². The first kappa shape index (κ1) is 11.4. The van der Waals surface area contributed by atoms with E-state index in [2.05, 4.69) is 5.16 Å². The molecule has 0 fully saturated rings. The molecule has 15 heavy (non-hydrogen) atoms. The summed E-state index contributed by atoms with van der Waals surface area (Å²) in [6, 6.07) is 3.58. The Bertz CT molecular complexity index is 375. The van der Waals surface area contributed by atoms with E-state index in [1.54, 1.807) is 31.1 Å². The van der Waals surface area contributed by atoms with Gasteiger partial charge in [0.15, 0.2) is 5.84 Å². The largest absolute Gasteiger partial charge is 0.507 e. The van der Waals surface area contributed by atoms with Crippen molar-refractivity contribution in [2.45, 2.75) is 13.8 Å². The molecular formula is C11H16N2O2. The van der Waals surface area contributed by atoms with E-state index in [-0.39, 0.29) is 5.75 Å². The lowest BCUT2D eigenvalue weighted by molar-refractivity contribution is 0.310. The van der Waals surface area contributed by atoms with Crippen molar-refractivity contribution in [3.05, 3.63) is 28.8 Å². The second kappa shape index (κ2) is 4.21. The van der Waals surface area contributed by atoms with E-state index in [0.717, 1.165) is 16.7 Å². The van der Waals surface area contributed by atoms with E-state index in [9.17, 15) is 5.11 Å². The van der Waals surface area contributed by atoms with Gasteiger partial charge in [0.2, 0.25) is 0 Å². The topological polar surface area (TPSA) is 56.1 Å². The van der Waals surface area contributed by atoms with E-state index in [0.29, 0.717) is 5.84 Å². The molecule has 0 aliphatic rings. The monoisotopic (exact) mass is 208 g/mol. The Morgan fingerprint density at radius 1 is 1.20 bits per heavy atom. The van der Waals surface area contributed by atoms with Gasteiger partial charge in [-0.2, -0.15) is 0 Å². The fourth-order valence-electron chi connectivity index (χ4n) is 1.49. The van der Waals surface area contributed by atoms with Gasteiger partial charge < -0.3 is 15.2 Å². The molecule has 1 aromatic rings. The van der Waals surface area contributed by atoms with Crippen molar-refractivity contribution in [3.8, 4) is 5.75 Å². The Morgan fingerprint density at radius 2 is 1.67 bits per heavy atom. The first-order valence-electron chi connectivity index (χ1n) is 4.67. The summed E-state index contributed by atoms with van der Waals surface area (Å²) in [4.78, 5) is 1.71. The Hall–Kier alpha value is -1.71. The van der Waals surface area contributed by atoms with Gasteiger partial charge in [-0.3, -0.25) is 0 Å². The second-order valence-electron chi connectivity index (χ2n) is 3.78. The van der Waals surface area contributed by atoms with Crippen molar-refractivity contribution >= 4 is 5.84 Å². The molecule has 0 heterocycles. The maximum atomic E-state index is 9.61. The molecular weight excluding hydrogens is 192 g/mol. The van der Waals surface area contributed by atoms with Crippen molar-refractivity contribution in [2.24, 2.45) is 5.16 Å². The second-order valence-corrected chi connectivity index (χ2v) is 3.78. The maximum Gasteiger partial charge on any atom is 0.174 e.